The molecule has 0 radical (unpaired) electrons. The first-order chi connectivity index (χ1) is 7.81. The standard InChI is InChI=1S/C13H19NO2/c1-3-14(4-2)9-10-16-13-8-6-5-7-12(13)11-15/h5-8,11H,3-4,9-10H2,1-2H3/p+1. The summed E-state index contributed by atoms with van der Waals surface area (Å²) in [7, 11) is 0. The van der Waals surface area contributed by atoms with Gasteiger partial charge in [-0.1, -0.05) is 12.1 Å². The largest absolute Gasteiger partial charge is 0.487 e. The number of quaternary nitrogens is 1. The van der Waals surface area contributed by atoms with Crippen molar-refractivity contribution in [2.75, 3.05) is 26.2 Å². The van der Waals surface area contributed by atoms with Crippen LogP contribution >= 0.6 is 0 Å². The van der Waals surface area contributed by atoms with Crippen LogP contribution in [0.4, 0.5) is 0 Å². The lowest BCUT2D eigenvalue weighted by Crippen LogP contribution is -3.12. The summed E-state index contributed by atoms with van der Waals surface area (Å²) in [5, 5.41) is 0. The lowest BCUT2D eigenvalue weighted by atomic mass is 10.2. The van der Waals surface area contributed by atoms with Crippen LogP contribution in [0.5, 0.6) is 5.75 Å². The molecule has 1 N–H and O–H groups in total. The molecule has 0 heterocycles. The first-order valence-electron chi connectivity index (χ1n) is 5.82. The molecule has 0 aliphatic carbocycles. The molecule has 1 rings (SSSR count). The van der Waals surface area contributed by atoms with E-state index in [-0.39, 0.29) is 0 Å². The Labute approximate surface area is 97.0 Å². The normalized spacial score (nSPS) is 10.4. The highest BCUT2D eigenvalue weighted by atomic mass is 16.5. The van der Waals surface area contributed by atoms with E-state index in [9.17, 15) is 4.79 Å². The Kier molecular flexibility index (Phi) is 5.57. The molecule has 0 aromatic heterocycles. The number of aldehydes is 1. The maximum absolute atomic E-state index is 10.8. The van der Waals surface area contributed by atoms with Crippen LogP contribution < -0.4 is 9.64 Å². The van der Waals surface area contributed by atoms with E-state index in [0.717, 1.165) is 25.9 Å². The fourth-order valence-corrected chi connectivity index (χ4v) is 1.62. The Hall–Kier alpha value is -1.35. The van der Waals surface area contributed by atoms with Crippen molar-refractivity contribution < 1.29 is 14.4 Å². The van der Waals surface area contributed by atoms with Gasteiger partial charge < -0.3 is 9.64 Å². The molecule has 0 aliphatic rings. The molecule has 0 saturated heterocycles. The quantitative estimate of drug-likeness (QED) is 0.692. The van der Waals surface area contributed by atoms with Crippen molar-refractivity contribution in [3.05, 3.63) is 29.8 Å². The Morgan fingerprint density at radius 2 is 1.94 bits per heavy atom. The summed E-state index contributed by atoms with van der Waals surface area (Å²) in [6.07, 6.45) is 0.833. The van der Waals surface area contributed by atoms with Crippen LogP contribution in [0, 0.1) is 0 Å². The van der Waals surface area contributed by atoms with Gasteiger partial charge in [0.15, 0.2) is 6.29 Å². The van der Waals surface area contributed by atoms with Crippen LogP contribution in [0.3, 0.4) is 0 Å². The van der Waals surface area contributed by atoms with E-state index in [0.29, 0.717) is 17.9 Å². The van der Waals surface area contributed by atoms with Crippen LogP contribution in [0.15, 0.2) is 24.3 Å². The van der Waals surface area contributed by atoms with E-state index in [4.69, 9.17) is 4.74 Å². The van der Waals surface area contributed by atoms with Gasteiger partial charge in [0.05, 0.1) is 18.7 Å². The molecule has 16 heavy (non-hydrogen) atoms. The summed E-state index contributed by atoms with van der Waals surface area (Å²) in [5.41, 5.74) is 0.622. The van der Waals surface area contributed by atoms with Crippen molar-refractivity contribution in [2.45, 2.75) is 13.8 Å². The van der Waals surface area contributed by atoms with E-state index < -0.39 is 0 Å². The minimum absolute atomic E-state index is 0.622. The van der Waals surface area contributed by atoms with Crippen molar-refractivity contribution in [1.82, 2.24) is 0 Å². The number of hydrogen-bond donors (Lipinski definition) is 1. The molecule has 1 aromatic carbocycles. The van der Waals surface area contributed by atoms with Gasteiger partial charge in [-0.3, -0.25) is 4.79 Å². The maximum atomic E-state index is 10.8. The van der Waals surface area contributed by atoms with Gasteiger partial charge in [0.25, 0.3) is 0 Å². The average molecular weight is 222 g/mol. The SMILES string of the molecule is CC[NH+](CC)CCOc1ccccc1C=O. The summed E-state index contributed by atoms with van der Waals surface area (Å²) in [4.78, 5) is 12.3. The molecule has 0 aliphatic heterocycles. The number of rotatable bonds is 7. The topological polar surface area (TPSA) is 30.7 Å². The van der Waals surface area contributed by atoms with Crippen LogP contribution in [0.25, 0.3) is 0 Å². The molecular formula is C13H20NO2+. The molecule has 3 heteroatoms. The zero-order chi connectivity index (χ0) is 11.8. The molecule has 0 fully saturated rings. The Bertz CT molecular complexity index is 321. The van der Waals surface area contributed by atoms with Gasteiger partial charge >= 0.3 is 0 Å². The van der Waals surface area contributed by atoms with Gasteiger partial charge in [-0.05, 0) is 26.0 Å². The molecule has 88 valence electrons. The molecule has 1 aromatic rings. The first kappa shape index (κ1) is 12.7. The van der Waals surface area contributed by atoms with Crippen LogP contribution in [0.1, 0.15) is 24.2 Å². The highest BCUT2D eigenvalue weighted by Gasteiger charge is 2.04. The number of ether oxygens (including phenoxy) is 1. The number of para-hydroxylation sites is 1. The van der Waals surface area contributed by atoms with Crippen molar-refractivity contribution in [3.63, 3.8) is 0 Å². The fraction of sp³-hybridized carbons (Fsp3) is 0.462. The Balaban J connectivity index is 2.45. The Morgan fingerprint density at radius 1 is 1.25 bits per heavy atom. The maximum Gasteiger partial charge on any atom is 0.153 e. The lowest BCUT2D eigenvalue weighted by molar-refractivity contribution is -0.896. The van der Waals surface area contributed by atoms with E-state index in [1.807, 2.05) is 18.2 Å². The predicted octanol–water partition coefficient (Wildman–Crippen LogP) is 0.803. The van der Waals surface area contributed by atoms with Crippen molar-refractivity contribution in [1.29, 1.82) is 0 Å². The second-order valence-electron chi connectivity index (χ2n) is 3.71. The minimum atomic E-state index is 0.622. The average Bonchev–Trinajstić information content (AvgIpc) is 2.35. The number of carbonyl (C=O) groups is 1. The zero-order valence-electron chi connectivity index (χ0n) is 10.0. The third kappa shape index (κ3) is 3.66. The molecule has 0 saturated carbocycles. The Morgan fingerprint density at radius 3 is 2.56 bits per heavy atom. The molecular weight excluding hydrogens is 202 g/mol. The fourth-order valence-electron chi connectivity index (χ4n) is 1.62. The number of carbonyl (C=O) groups excluding carboxylic acids is 1. The van der Waals surface area contributed by atoms with E-state index in [1.165, 1.54) is 4.90 Å². The number of benzene rings is 1. The molecule has 0 spiro atoms. The van der Waals surface area contributed by atoms with E-state index in [2.05, 4.69) is 13.8 Å². The smallest absolute Gasteiger partial charge is 0.153 e. The van der Waals surface area contributed by atoms with E-state index >= 15 is 0 Å². The second-order valence-corrected chi connectivity index (χ2v) is 3.71. The second kappa shape index (κ2) is 7.01. The van der Waals surface area contributed by atoms with Gasteiger partial charge in [-0.15, -0.1) is 0 Å². The molecule has 3 nitrogen and oxygen atoms in total. The number of likely N-dealkylation sites (N-methyl/N-ethyl adjacent to an activating group) is 1. The highest BCUT2D eigenvalue weighted by Crippen LogP contribution is 2.14. The summed E-state index contributed by atoms with van der Waals surface area (Å²) in [6, 6.07) is 7.33. The van der Waals surface area contributed by atoms with Gasteiger partial charge in [0, 0.05) is 0 Å². The summed E-state index contributed by atoms with van der Waals surface area (Å²) in [5.74, 6) is 0.684. The van der Waals surface area contributed by atoms with Crippen LogP contribution in [-0.4, -0.2) is 32.5 Å². The number of hydrogen-bond acceptors (Lipinski definition) is 2. The lowest BCUT2D eigenvalue weighted by Gasteiger charge is -2.15. The molecule has 0 amide bonds. The monoisotopic (exact) mass is 222 g/mol. The minimum Gasteiger partial charge on any atom is -0.487 e. The predicted molar refractivity (Wildman–Crippen MR) is 64.2 cm³/mol. The third-order valence-electron chi connectivity index (χ3n) is 2.76. The summed E-state index contributed by atoms with van der Waals surface area (Å²) < 4.78 is 5.61. The zero-order valence-corrected chi connectivity index (χ0v) is 10.0. The van der Waals surface area contributed by atoms with Crippen molar-refractivity contribution in [2.24, 2.45) is 0 Å². The van der Waals surface area contributed by atoms with Gasteiger partial charge in [0.1, 0.15) is 18.9 Å². The summed E-state index contributed by atoms with van der Waals surface area (Å²) in [6.45, 7) is 8.17. The summed E-state index contributed by atoms with van der Waals surface area (Å²) >= 11 is 0. The third-order valence-corrected chi connectivity index (χ3v) is 2.76. The van der Waals surface area contributed by atoms with Gasteiger partial charge in [0.2, 0.25) is 0 Å². The van der Waals surface area contributed by atoms with Crippen molar-refractivity contribution >= 4 is 6.29 Å². The van der Waals surface area contributed by atoms with E-state index in [1.54, 1.807) is 6.07 Å². The van der Waals surface area contributed by atoms with Crippen LogP contribution in [0.2, 0.25) is 0 Å². The first-order valence-corrected chi connectivity index (χ1v) is 5.82. The van der Waals surface area contributed by atoms with Gasteiger partial charge in [-0.25, -0.2) is 0 Å². The molecule has 0 bridgehead atoms. The van der Waals surface area contributed by atoms with Crippen molar-refractivity contribution in [3.8, 4) is 5.75 Å². The number of nitrogens with one attached hydrogen (secondary N) is 1. The molecule has 0 unspecified atom stereocenters. The molecule has 0 atom stereocenters. The highest BCUT2D eigenvalue weighted by molar-refractivity contribution is 5.79. The van der Waals surface area contributed by atoms with Crippen LogP contribution in [-0.2, 0) is 0 Å². The van der Waals surface area contributed by atoms with Gasteiger partial charge in [-0.2, -0.15) is 0 Å².